The highest BCUT2D eigenvalue weighted by Gasteiger charge is 2.22. The second kappa shape index (κ2) is 7.66. The van der Waals surface area contributed by atoms with Crippen molar-refractivity contribution in [3.63, 3.8) is 0 Å². The minimum absolute atomic E-state index is 0.0874. The van der Waals surface area contributed by atoms with Crippen LogP contribution in [0.3, 0.4) is 0 Å². The number of hydrogen-bond donors (Lipinski definition) is 1. The summed E-state index contributed by atoms with van der Waals surface area (Å²) in [5.74, 6) is -0.139. The molecule has 3 aromatic heterocycles. The van der Waals surface area contributed by atoms with Crippen LogP contribution < -0.4 is 5.32 Å². The van der Waals surface area contributed by atoms with Gasteiger partial charge in [0.2, 0.25) is 0 Å². The number of aromatic nitrogens is 3. The Kier molecular flexibility index (Phi) is 4.84. The number of aryl methyl sites for hydroxylation is 2. The van der Waals surface area contributed by atoms with Crippen molar-refractivity contribution in [2.24, 2.45) is 7.05 Å². The van der Waals surface area contributed by atoms with Gasteiger partial charge in [0.15, 0.2) is 0 Å². The van der Waals surface area contributed by atoms with E-state index < -0.39 is 0 Å². The number of thiophene rings is 1. The summed E-state index contributed by atoms with van der Waals surface area (Å²) in [5.41, 5.74) is 6.97. The molecule has 4 heterocycles. The number of rotatable bonds is 5. The Hall–Kier alpha value is -3.03. The van der Waals surface area contributed by atoms with Crippen LogP contribution in [0.5, 0.6) is 0 Å². The van der Waals surface area contributed by atoms with Crippen molar-refractivity contribution in [2.75, 3.05) is 13.2 Å². The third kappa shape index (κ3) is 3.62. The van der Waals surface area contributed by atoms with Gasteiger partial charge in [0.25, 0.3) is 5.91 Å². The van der Waals surface area contributed by atoms with Gasteiger partial charge in [-0.25, -0.2) is 4.98 Å². The molecule has 1 saturated heterocycles. The van der Waals surface area contributed by atoms with Crippen LogP contribution in [0.1, 0.15) is 27.3 Å². The lowest BCUT2D eigenvalue weighted by Gasteiger charge is -2.26. The fourth-order valence-corrected chi connectivity index (χ4v) is 4.60. The molecule has 1 amide bonds. The summed E-state index contributed by atoms with van der Waals surface area (Å²) < 4.78 is 8.11. The minimum atomic E-state index is -0.139. The number of nitrogens with zero attached hydrogens (tertiary/aromatic N) is 3. The predicted octanol–water partition coefficient (Wildman–Crippen LogP) is 3.72. The van der Waals surface area contributed by atoms with E-state index >= 15 is 0 Å². The normalized spacial score (nSPS) is 14.1. The van der Waals surface area contributed by atoms with Gasteiger partial charge < -0.3 is 10.1 Å². The van der Waals surface area contributed by atoms with Gasteiger partial charge in [-0.3, -0.25) is 9.48 Å². The maximum absolute atomic E-state index is 12.6. The van der Waals surface area contributed by atoms with Crippen LogP contribution in [0.4, 0.5) is 0 Å². The summed E-state index contributed by atoms with van der Waals surface area (Å²) in [7, 11) is 1.94. The van der Waals surface area contributed by atoms with Gasteiger partial charge in [-0.05, 0) is 47.5 Å². The molecule has 0 radical (unpaired) electrons. The van der Waals surface area contributed by atoms with Crippen LogP contribution in [0.15, 0.2) is 48.0 Å². The van der Waals surface area contributed by atoms with Crippen LogP contribution in [0.2, 0.25) is 0 Å². The van der Waals surface area contributed by atoms with E-state index in [4.69, 9.17) is 4.74 Å². The lowest BCUT2D eigenvalue weighted by atomic mass is 10.0. The van der Waals surface area contributed by atoms with Gasteiger partial charge in [-0.1, -0.05) is 24.3 Å². The third-order valence-electron chi connectivity index (χ3n) is 5.37. The first-order valence-electron chi connectivity index (χ1n) is 9.92. The quantitative estimate of drug-likeness (QED) is 0.536. The summed E-state index contributed by atoms with van der Waals surface area (Å²) in [6.45, 7) is 3.17. The van der Waals surface area contributed by atoms with Crippen molar-refractivity contribution in [3.8, 4) is 11.1 Å². The van der Waals surface area contributed by atoms with Crippen LogP contribution in [0, 0.1) is 6.92 Å². The van der Waals surface area contributed by atoms with Gasteiger partial charge in [0.05, 0.1) is 35.2 Å². The van der Waals surface area contributed by atoms with E-state index in [-0.39, 0.29) is 11.9 Å². The molecule has 0 atom stereocenters. The molecular weight excluding hydrogens is 396 g/mol. The number of ether oxygens (including phenoxy) is 1. The van der Waals surface area contributed by atoms with Crippen molar-refractivity contribution in [2.45, 2.75) is 19.4 Å². The topological polar surface area (TPSA) is 69.0 Å². The van der Waals surface area contributed by atoms with E-state index in [0.717, 1.165) is 39.0 Å². The van der Waals surface area contributed by atoms with Crippen LogP contribution in [0.25, 0.3) is 21.3 Å². The smallest absolute Gasteiger partial charge is 0.270 e. The van der Waals surface area contributed by atoms with Gasteiger partial charge in [0, 0.05) is 18.8 Å². The third-order valence-corrected chi connectivity index (χ3v) is 6.35. The highest BCUT2D eigenvalue weighted by molar-refractivity contribution is 7.17. The summed E-state index contributed by atoms with van der Waals surface area (Å²) >= 11 is 1.66. The highest BCUT2D eigenvalue weighted by atomic mass is 32.1. The molecule has 0 spiro atoms. The number of benzene rings is 1. The Morgan fingerprint density at radius 2 is 2.07 bits per heavy atom. The minimum Gasteiger partial charge on any atom is -0.377 e. The van der Waals surface area contributed by atoms with Crippen LogP contribution >= 0.6 is 11.3 Å². The number of nitrogens with one attached hydrogen (secondary N) is 1. The average Bonchev–Trinajstić information content (AvgIpc) is 3.31. The van der Waals surface area contributed by atoms with E-state index in [1.165, 1.54) is 5.56 Å². The highest BCUT2D eigenvalue weighted by Crippen LogP contribution is 2.28. The molecule has 1 fully saturated rings. The molecule has 0 saturated carbocycles. The first-order valence-corrected chi connectivity index (χ1v) is 10.8. The Balaban J connectivity index is 1.42. The van der Waals surface area contributed by atoms with Gasteiger partial charge in [-0.2, -0.15) is 5.10 Å². The molecule has 1 aliphatic rings. The number of fused-ring (bicyclic) bond motifs is 1. The van der Waals surface area contributed by atoms with Crippen molar-refractivity contribution in [1.82, 2.24) is 20.1 Å². The van der Waals surface area contributed by atoms with E-state index in [9.17, 15) is 4.79 Å². The fraction of sp³-hybridized carbons (Fsp3) is 0.261. The second-order valence-corrected chi connectivity index (χ2v) is 8.60. The zero-order chi connectivity index (χ0) is 20.7. The van der Waals surface area contributed by atoms with Gasteiger partial charge in [-0.15, -0.1) is 11.3 Å². The summed E-state index contributed by atoms with van der Waals surface area (Å²) in [6, 6.07) is 12.5. The molecule has 30 heavy (non-hydrogen) atoms. The molecule has 1 aliphatic heterocycles. The number of amides is 1. The van der Waals surface area contributed by atoms with Gasteiger partial charge in [0.1, 0.15) is 5.69 Å². The van der Waals surface area contributed by atoms with Crippen molar-refractivity contribution >= 4 is 27.5 Å². The molecule has 4 aromatic rings. The van der Waals surface area contributed by atoms with Crippen LogP contribution in [-0.2, 0) is 18.2 Å². The first-order chi connectivity index (χ1) is 14.6. The van der Waals surface area contributed by atoms with E-state index in [1.54, 1.807) is 11.3 Å². The number of hydrogen-bond acceptors (Lipinski definition) is 5. The van der Waals surface area contributed by atoms with Crippen LogP contribution in [-0.4, -0.2) is 39.9 Å². The van der Waals surface area contributed by atoms with Gasteiger partial charge >= 0.3 is 0 Å². The average molecular weight is 419 g/mol. The zero-order valence-corrected chi connectivity index (χ0v) is 17.7. The Labute approximate surface area is 178 Å². The summed E-state index contributed by atoms with van der Waals surface area (Å²) in [4.78, 5) is 17.2. The first kappa shape index (κ1) is 19.0. The number of carbonyl (C=O) groups excluding carboxylic acids is 1. The fourth-order valence-electron chi connectivity index (χ4n) is 3.75. The largest absolute Gasteiger partial charge is 0.377 e. The SMILES string of the molecule is Cc1nn(C)cc1-c1ccc(Cc2cc(C(=O)NC3COC3)nc3ccsc23)cc1. The molecule has 1 N–H and O–H groups in total. The maximum Gasteiger partial charge on any atom is 0.270 e. The second-order valence-electron chi connectivity index (χ2n) is 7.68. The molecule has 152 valence electrons. The Morgan fingerprint density at radius 1 is 1.27 bits per heavy atom. The standard InChI is InChI=1S/C23H22N4O2S/c1-14-19(11-27(2)26-14)16-5-3-15(4-6-16)9-17-10-21(23(28)24-18-12-29-13-18)25-20-7-8-30-22(17)20/h3-8,10-11,18H,9,12-13H2,1-2H3,(H,24,28). The van der Waals surface area contributed by atoms with E-state index in [0.29, 0.717) is 18.9 Å². The molecule has 1 aromatic carbocycles. The van der Waals surface area contributed by atoms with E-state index in [1.807, 2.05) is 42.4 Å². The molecule has 7 heteroatoms. The Bertz CT molecular complexity index is 1220. The molecule has 6 nitrogen and oxygen atoms in total. The zero-order valence-electron chi connectivity index (χ0n) is 16.9. The predicted molar refractivity (Wildman–Crippen MR) is 118 cm³/mol. The molecular formula is C23H22N4O2S. The van der Waals surface area contributed by atoms with Crippen molar-refractivity contribution < 1.29 is 9.53 Å². The van der Waals surface area contributed by atoms with Crippen molar-refractivity contribution in [3.05, 3.63) is 70.5 Å². The molecule has 5 rings (SSSR count). The molecule has 0 aliphatic carbocycles. The summed E-state index contributed by atoms with van der Waals surface area (Å²) in [5, 5.41) is 9.44. The lowest BCUT2D eigenvalue weighted by molar-refractivity contribution is -0.00354. The lowest BCUT2D eigenvalue weighted by Crippen LogP contribution is -2.48. The number of carbonyl (C=O) groups is 1. The summed E-state index contributed by atoms with van der Waals surface area (Å²) in [6.07, 6.45) is 2.79. The molecule has 0 bridgehead atoms. The van der Waals surface area contributed by atoms with Crippen molar-refractivity contribution in [1.29, 1.82) is 0 Å². The number of pyridine rings is 1. The maximum atomic E-state index is 12.6. The van der Waals surface area contributed by atoms with E-state index in [2.05, 4.69) is 39.7 Å². The monoisotopic (exact) mass is 418 g/mol. The Morgan fingerprint density at radius 3 is 2.73 bits per heavy atom. The molecule has 0 unspecified atom stereocenters.